The predicted molar refractivity (Wildman–Crippen MR) is 69.8 cm³/mol. The van der Waals surface area contributed by atoms with Crippen molar-refractivity contribution in [3.63, 3.8) is 0 Å². The Morgan fingerprint density at radius 3 is 3.12 bits per heavy atom. The SMILES string of the molecule is CCCNC1CCCN(Cc2nccn2C)C1. The van der Waals surface area contributed by atoms with Gasteiger partial charge < -0.3 is 9.88 Å². The Morgan fingerprint density at radius 2 is 2.41 bits per heavy atom. The molecular formula is C13H24N4. The van der Waals surface area contributed by atoms with E-state index < -0.39 is 0 Å². The molecule has 1 aliphatic rings. The van der Waals surface area contributed by atoms with E-state index in [4.69, 9.17) is 0 Å². The summed E-state index contributed by atoms with van der Waals surface area (Å²) in [5.41, 5.74) is 0. The van der Waals surface area contributed by atoms with Crippen molar-refractivity contribution < 1.29 is 0 Å². The third-order valence-corrected chi connectivity index (χ3v) is 3.47. The predicted octanol–water partition coefficient (Wildman–Crippen LogP) is 1.38. The highest BCUT2D eigenvalue weighted by atomic mass is 15.2. The van der Waals surface area contributed by atoms with Crippen molar-refractivity contribution >= 4 is 0 Å². The molecule has 0 spiro atoms. The van der Waals surface area contributed by atoms with Gasteiger partial charge in [-0.1, -0.05) is 6.92 Å². The third-order valence-electron chi connectivity index (χ3n) is 3.47. The second-order valence-corrected chi connectivity index (χ2v) is 4.98. The molecular weight excluding hydrogens is 212 g/mol. The van der Waals surface area contributed by atoms with E-state index in [-0.39, 0.29) is 0 Å². The fraction of sp³-hybridized carbons (Fsp3) is 0.769. The highest BCUT2D eigenvalue weighted by Crippen LogP contribution is 2.12. The largest absolute Gasteiger partial charge is 0.337 e. The molecule has 2 rings (SSSR count). The van der Waals surface area contributed by atoms with Crippen LogP contribution >= 0.6 is 0 Å². The Balaban J connectivity index is 1.83. The summed E-state index contributed by atoms with van der Waals surface area (Å²) < 4.78 is 2.11. The van der Waals surface area contributed by atoms with Gasteiger partial charge in [0.2, 0.25) is 0 Å². The van der Waals surface area contributed by atoms with Crippen LogP contribution in [-0.4, -0.2) is 40.1 Å². The minimum Gasteiger partial charge on any atom is -0.337 e. The van der Waals surface area contributed by atoms with Crippen molar-refractivity contribution in [3.8, 4) is 0 Å². The first-order valence-electron chi connectivity index (χ1n) is 6.71. The van der Waals surface area contributed by atoms with Crippen LogP contribution in [0.25, 0.3) is 0 Å². The maximum Gasteiger partial charge on any atom is 0.122 e. The van der Waals surface area contributed by atoms with Crippen molar-refractivity contribution in [2.45, 2.75) is 38.8 Å². The van der Waals surface area contributed by atoms with Gasteiger partial charge in [-0.15, -0.1) is 0 Å². The van der Waals surface area contributed by atoms with E-state index in [1.54, 1.807) is 0 Å². The van der Waals surface area contributed by atoms with Crippen LogP contribution in [0.3, 0.4) is 0 Å². The quantitative estimate of drug-likeness (QED) is 0.838. The number of rotatable bonds is 5. The van der Waals surface area contributed by atoms with Gasteiger partial charge in [0, 0.05) is 32.0 Å². The fourth-order valence-electron chi connectivity index (χ4n) is 2.46. The molecule has 1 aromatic heterocycles. The number of nitrogens with one attached hydrogen (secondary N) is 1. The molecule has 96 valence electrons. The van der Waals surface area contributed by atoms with E-state index in [9.17, 15) is 0 Å². The van der Waals surface area contributed by atoms with Gasteiger partial charge in [-0.2, -0.15) is 0 Å². The van der Waals surface area contributed by atoms with E-state index in [1.807, 2.05) is 12.4 Å². The average molecular weight is 236 g/mol. The molecule has 0 radical (unpaired) electrons. The van der Waals surface area contributed by atoms with E-state index in [1.165, 1.54) is 31.6 Å². The number of likely N-dealkylation sites (tertiary alicyclic amines) is 1. The molecule has 0 bridgehead atoms. The zero-order chi connectivity index (χ0) is 12.1. The number of imidazole rings is 1. The van der Waals surface area contributed by atoms with Gasteiger partial charge in [0.25, 0.3) is 0 Å². The minimum atomic E-state index is 0.670. The van der Waals surface area contributed by atoms with Crippen LogP contribution in [0.2, 0.25) is 0 Å². The lowest BCUT2D eigenvalue weighted by atomic mass is 10.1. The minimum absolute atomic E-state index is 0.670. The molecule has 1 aromatic rings. The van der Waals surface area contributed by atoms with Crippen molar-refractivity contribution in [1.82, 2.24) is 19.8 Å². The summed E-state index contributed by atoms with van der Waals surface area (Å²) in [5.74, 6) is 1.17. The second kappa shape index (κ2) is 6.17. The van der Waals surface area contributed by atoms with Crippen LogP contribution in [0.5, 0.6) is 0 Å². The van der Waals surface area contributed by atoms with Crippen LogP contribution in [0, 0.1) is 0 Å². The van der Waals surface area contributed by atoms with Gasteiger partial charge in [0.1, 0.15) is 5.82 Å². The van der Waals surface area contributed by atoms with Crippen molar-refractivity contribution in [2.75, 3.05) is 19.6 Å². The summed E-state index contributed by atoms with van der Waals surface area (Å²) in [4.78, 5) is 6.91. The summed E-state index contributed by atoms with van der Waals surface area (Å²) in [6, 6.07) is 0.670. The zero-order valence-electron chi connectivity index (χ0n) is 11.0. The number of nitrogens with zero attached hydrogens (tertiary/aromatic N) is 3. The van der Waals surface area contributed by atoms with Crippen LogP contribution in [0.4, 0.5) is 0 Å². The van der Waals surface area contributed by atoms with E-state index in [0.717, 1.165) is 19.6 Å². The molecule has 1 unspecified atom stereocenters. The molecule has 4 heteroatoms. The number of aromatic nitrogens is 2. The molecule has 1 N–H and O–H groups in total. The molecule has 2 heterocycles. The first kappa shape index (κ1) is 12.6. The lowest BCUT2D eigenvalue weighted by Crippen LogP contribution is -2.45. The Morgan fingerprint density at radius 1 is 1.53 bits per heavy atom. The number of aryl methyl sites for hydroxylation is 1. The van der Waals surface area contributed by atoms with Crippen molar-refractivity contribution in [3.05, 3.63) is 18.2 Å². The lowest BCUT2D eigenvalue weighted by molar-refractivity contribution is 0.178. The standard InChI is InChI=1S/C13H24N4/c1-3-6-14-12-5-4-8-17(10-12)11-13-15-7-9-16(13)2/h7,9,12,14H,3-6,8,10-11H2,1-2H3. The van der Waals surface area contributed by atoms with Crippen LogP contribution < -0.4 is 5.32 Å². The fourth-order valence-corrected chi connectivity index (χ4v) is 2.46. The van der Waals surface area contributed by atoms with Gasteiger partial charge in [0.05, 0.1) is 6.54 Å². The smallest absolute Gasteiger partial charge is 0.122 e. The topological polar surface area (TPSA) is 33.1 Å². The van der Waals surface area contributed by atoms with Crippen molar-refractivity contribution in [2.24, 2.45) is 7.05 Å². The molecule has 0 amide bonds. The average Bonchev–Trinajstić information content (AvgIpc) is 2.73. The Hall–Kier alpha value is -0.870. The molecule has 0 saturated carbocycles. The van der Waals surface area contributed by atoms with Gasteiger partial charge in [0.15, 0.2) is 0 Å². The van der Waals surface area contributed by atoms with Gasteiger partial charge >= 0.3 is 0 Å². The highest BCUT2D eigenvalue weighted by molar-refractivity contribution is 4.92. The zero-order valence-corrected chi connectivity index (χ0v) is 11.0. The normalized spacial score (nSPS) is 21.9. The summed E-state index contributed by atoms with van der Waals surface area (Å²) >= 11 is 0. The maximum absolute atomic E-state index is 4.40. The Kier molecular flexibility index (Phi) is 4.57. The first-order valence-corrected chi connectivity index (χ1v) is 6.71. The molecule has 0 aliphatic carbocycles. The van der Waals surface area contributed by atoms with Crippen molar-refractivity contribution in [1.29, 1.82) is 0 Å². The molecule has 4 nitrogen and oxygen atoms in total. The van der Waals surface area contributed by atoms with Gasteiger partial charge in [-0.05, 0) is 32.4 Å². The summed E-state index contributed by atoms with van der Waals surface area (Å²) in [7, 11) is 2.07. The van der Waals surface area contributed by atoms with E-state index >= 15 is 0 Å². The van der Waals surface area contributed by atoms with Crippen LogP contribution in [0.1, 0.15) is 32.0 Å². The molecule has 1 fully saturated rings. The number of piperidine rings is 1. The van der Waals surface area contributed by atoms with E-state index in [0.29, 0.717) is 6.04 Å². The summed E-state index contributed by atoms with van der Waals surface area (Å²) in [5, 5.41) is 3.63. The molecule has 1 saturated heterocycles. The van der Waals surface area contributed by atoms with Gasteiger partial charge in [-0.25, -0.2) is 4.98 Å². The summed E-state index contributed by atoms with van der Waals surface area (Å²) in [6.07, 6.45) is 7.73. The lowest BCUT2D eigenvalue weighted by Gasteiger charge is -2.33. The molecule has 1 atom stereocenters. The monoisotopic (exact) mass is 236 g/mol. The Labute approximate surface area is 104 Å². The van der Waals surface area contributed by atoms with E-state index in [2.05, 4.69) is 33.7 Å². The molecule has 17 heavy (non-hydrogen) atoms. The number of hydrogen-bond donors (Lipinski definition) is 1. The molecule has 0 aromatic carbocycles. The third kappa shape index (κ3) is 3.54. The molecule has 1 aliphatic heterocycles. The first-order chi connectivity index (χ1) is 8.29. The Bertz CT molecular complexity index is 334. The number of hydrogen-bond acceptors (Lipinski definition) is 3. The highest BCUT2D eigenvalue weighted by Gasteiger charge is 2.19. The van der Waals surface area contributed by atoms with Crippen LogP contribution in [0.15, 0.2) is 12.4 Å². The van der Waals surface area contributed by atoms with Gasteiger partial charge in [-0.3, -0.25) is 4.90 Å². The van der Waals surface area contributed by atoms with Crippen LogP contribution in [-0.2, 0) is 13.6 Å². The second-order valence-electron chi connectivity index (χ2n) is 4.98. The summed E-state index contributed by atoms with van der Waals surface area (Å²) in [6.45, 7) is 6.71. The maximum atomic E-state index is 4.40.